The highest BCUT2D eigenvalue weighted by Crippen LogP contribution is 2.38. The molecule has 0 aliphatic heterocycles. The normalized spacial score (nSPS) is 31.1. The molecule has 1 nitrogen and oxygen atoms in total. The van der Waals surface area contributed by atoms with Crippen LogP contribution in [0.15, 0.2) is 12.3 Å². The van der Waals surface area contributed by atoms with Crippen LogP contribution in [0.2, 0.25) is 0 Å². The van der Waals surface area contributed by atoms with E-state index in [1.165, 1.54) is 63.5 Å². The molecule has 0 radical (unpaired) electrons. The van der Waals surface area contributed by atoms with E-state index >= 15 is 0 Å². The van der Waals surface area contributed by atoms with Crippen molar-refractivity contribution >= 4 is 0 Å². The highest BCUT2D eigenvalue weighted by molar-refractivity contribution is 4.94. The molecule has 0 saturated heterocycles. The summed E-state index contributed by atoms with van der Waals surface area (Å²) in [6.45, 7) is 6.25. The SMILES string of the molecule is C=C(CC)NC1CCC(C2CCCCC2)CC1. The average molecular weight is 235 g/mol. The zero-order valence-corrected chi connectivity index (χ0v) is 11.5. The topological polar surface area (TPSA) is 12.0 Å². The summed E-state index contributed by atoms with van der Waals surface area (Å²) in [6.07, 6.45) is 14.3. The zero-order valence-electron chi connectivity index (χ0n) is 11.5. The van der Waals surface area contributed by atoms with E-state index in [0.29, 0.717) is 0 Å². The van der Waals surface area contributed by atoms with Crippen LogP contribution in [0, 0.1) is 11.8 Å². The fourth-order valence-electron chi connectivity index (χ4n) is 3.73. The van der Waals surface area contributed by atoms with Crippen molar-refractivity contribution in [3.8, 4) is 0 Å². The zero-order chi connectivity index (χ0) is 12.1. The van der Waals surface area contributed by atoms with Gasteiger partial charge in [-0.05, 0) is 43.9 Å². The van der Waals surface area contributed by atoms with E-state index in [1.807, 2.05) is 0 Å². The fraction of sp³-hybridized carbons (Fsp3) is 0.875. The Hall–Kier alpha value is -0.460. The maximum atomic E-state index is 4.07. The quantitative estimate of drug-likeness (QED) is 0.748. The van der Waals surface area contributed by atoms with Crippen LogP contribution in [-0.4, -0.2) is 6.04 Å². The Balaban J connectivity index is 1.71. The standard InChI is InChI=1S/C16H29N/c1-3-13(2)17-16-11-9-15(10-12-16)14-7-5-4-6-8-14/h14-17H,2-12H2,1H3. The molecule has 0 atom stereocenters. The van der Waals surface area contributed by atoms with Gasteiger partial charge in [0, 0.05) is 11.7 Å². The van der Waals surface area contributed by atoms with Crippen molar-refractivity contribution in [2.45, 2.75) is 77.2 Å². The van der Waals surface area contributed by atoms with E-state index in [-0.39, 0.29) is 0 Å². The molecule has 0 unspecified atom stereocenters. The molecule has 2 aliphatic carbocycles. The van der Waals surface area contributed by atoms with Crippen molar-refractivity contribution < 1.29 is 0 Å². The van der Waals surface area contributed by atoms with Crippen LogP contribution in [0.1, 0.15) is 71.1 Å². The van der Waals surface area contributed by atoms with Gasteiger partial charge in [-0.2, -0.15) is 0 Å². The van der Waals surface area contributed by atoms with E-state index in [0.717, 1.165) is 24.3 Å². The summed E-state index contributed by atoms with van der Waals surface area (Å²) in [4.78, 5) is 0. The maximum absolute atomic E-state index is 4.07. The summed E-state index contributed by atoms with van der Waals surface area (Å²) in [5, 5.41) is 3.60. The van der Waals surface area contributed by atoms with E-state index in [2.05, 4.69) is 18.8 Å². The number of hydrogen-bond donors (Lipinski definition) is 1. The summed E-state index contributed by atoms with van der Waals surface area (Å²) < 4.78 is 0. The number of nitrogens with one attached hydrogen (secondary N) is 1. The van der Waals surface area contributed by atoms with Gasteiger partial charge in [-0.1, -0.05) is 45.6 Å². The molecule has 0 bridgehead atoms. The summed E-state index contributed by atoms with van der Waals surface area (Å²) >= 11 is 0. The lowest BCUT2D eigenvalue weighted by Gasteiger charge is -2.36. The second-order valence-electron chi connectivity index (χ2n) is 6.11. The molecule has 98 valence electrons. The minimum Gasteiger partial charge on any atom is -0.386 e. The Kier molecular flexibility index (Phi) is 4.94. The average Bonchev–Trinajstić information content (AvgIpc) is 2.40. The van der Waals surface area contributed by atoms with Crippen LogP contribution in [0.5, 0.6) is 0 Å². The van der Waals surface area contributed by atoms with Crippen molar-refractivity contribution in [2.24, 2.45) is 11.8 Å². The van der Waals surface area contributed by atoms with Gasteiger partial charge in [0.05, 0.1) is 0 Å². The maximum Gasteiger partial charge on any atom is 0.0258 e. The lowest BCUT2D eigenvalue weighted by Crippen LogP contribution is -2.34. The van der Waals surface area contributed by atoms with Crippen molar-refractivity contribution in [3.63, 3.8) is 0 Å². The molecule has 1 N–H and O–H groups in total. The van der Waals surface area contributed by atoms with Crippen LogP contribution < -0.4 is 5.32 Å². The molecule has 0 amide bonds. The first-order valence-electron chi connectivity index (χ1n) is 7.74. The molecular formula is C16H29N. The predicted molar refractivity (Wildman–Crippen MR) is 74.9 cm³/mol. The Bertz CT molecular complexity index is 232. The molecule has 2 aliphatic rings. The van der Waals surface area contributed by atoms with Gasteiger partial charge in [0.25, 0.3) is 0 Å². The Morgan fingerprint density at radius 2 is 1.53 bits per heavy atom. The Morgan fingerprint density at radius 1 is 0.941 bits per heavy atom. The minimum atomic E-state index is 0.724. The predicted octanol–water partition coefficient (Wildman–Crippen LogP) is 4.64. The molecule has 0 aromatic carbocycles. The number of rotatable bonds is 4. The second kappa shape index (κ2) is 6.47. The molecule has 2 fully saturated rings. The van der Waals surface area contributed by atoms with Crippen LogP contribution in [0.25, 0.3) is 0 Å². The highest BCUT2D eigenvalue weighted by Gasteiger charge is 2.28. The molecule has 2 rings (SSSR count). The number of hydrogen-bond acceptors (Lipinski definition) is 1. The first-order chi connectivity index (χ1) is 8.29. The van der Waals surface area contributed by atoms with Crippen LogP contribution in [0.4, 0.5) is 0 Å². The van der Waals surface area contributed by atoms with E-state index in [9.17, 15) is 0 Å². The highest BCUT2D eigenvalue weighted by atomic mass is 14.9. The monoisotopic (exact) mass is 235 g/mol. The van der Waals surface area contributed by atoms with Gasteiger partial charge >= 0.3 is 0 Å². The molecule has 17 heavy (non-hydrogen) atoms. The third-order valence-electron chi connectivity index (χ3n) is 4.92. The molecule has 0 aromatic rings. The van der Waals surface area contributed by atoms with Gasteiger partial charge in [-0.15, -0.1) is 0 Å². The minimum absolute atomic E-state index is 0.724. The number of allylic oxidation sites excluding steroid dienone is 1. The summed E-state index contributed by atoms with van der Waals surface area (Å²) in [7, 11) is 0. The lowest BCUT2D eigenvalue weighted by atomic mass is 9.72. The van der Waals surface area contributed by atoms with Gasteiger partial charge in [0.2, 0.25) is 0 Å². The molecular weight excluding hydrogens is 206 g/mol. The third-order valence-corrected chi connectivity index (χ3v) is 4.92. The molecule has 0 aromatic heterocycles. The molecule has 0 spiro atoms. The van der Waals surface area contributed by atoms with Crippen molar-refractivity contribution in [2.75, 3.05) is 0 Å². The van der Waals surface area contributed by atoms with E-state index < -0.39 is 0 Å². The van der Waals surface area contributed by atoms with E-state index in [4.69, 9.17) is 0 Å². The van der Waals surface area contributed by atoms with Gasteiger partial charge in [-0.3, -0.25) is 0 Å². The van der Waals surface area contributed by atoms with Gasteiger partial charge in [0.1, 0.15) is 0 Å². The van der Waals surface area contributed by atoms with Crippen molar-refractivity contribution in [1.82, 2.24) is 5.32 Å². The molecule has 0 heterocycles. The Labute approximate surface area is 107 Å². The molecule has 2 saturated carbocycles. The van der Waals surface area contributed by atoms with Gasteiger partial charge in [-0.25, -0.2) is 0 Å². The third kappa shape index (κ3) is 3.76. The first kappa shape index (κ1) is 13.0. The van der Waals surface area contributed by atoms with Crippen LogP contribution in [-0.2, 0) is 0 Å². The Morgan fingerprint density at radius 3 is 2.12 bits per heavy atom. The van der Waals surface area contributed by atoms with Crippen LogP contribution in [0.3, 0.4) is 0 Å². The summed E-state index contributed by atoms with van der Waals surface area (Å²) in [5.41, 5.74) is 1.23. The van der Waals surface area contributed by atoms with Crippen LogP contribution >= 0.6 is 0 Å². The molecule has 1 heteroatoms. The largest absolute Gasteiger partial charge is 0.386 e. The summed E-state index contributed by atoms with van der Waals surface area (Å²) in [5.74, 6) is 2.11. The van der Waals surface area contributed by atoms with E-state index in [1.54, 1.807) is 0 Å². The lowest BCUT2D eigenvalue weighted by molar-refractivity contribution is 0.180. The second-order valence-corrected chi connectivity index (χ2v) is 6.11. The summed E-state index contributed by atoms with van der Waals surface area (Å²) in [6, 6.07) is 0.724. The van der Waals surface area contributed by atoms with Gasteiger partial charge < -0.3 is 5.32 Å². The smallest absolute Gasteiger partial charge is 0.0258 e. The van der Waals surface area contributed by atoms with Crippen molar-refractivity contribution in [3.05, 3.63) is 12.3 Å². The van der Waals surface area contributed by atoms with Crippen molar-refractivity contribution in [1.29, 1.82) is 0 Å². The van der Waals surface area contributed by atoms with Gasteiger partial charge in [0.15, 0.2) is 0 Å². The fourth-order valence-corrected chi connectivity index (χ4v) is 3.73. The first-order valence-corrected chi connectivity index (χ1v) is 7.74.